The fourth-order valence-corrected chi connectivity index (χ4v) is 4.08. The maximum atomic E-state index is 12.5. The third-order valence-corrected chi connectivity index (χ3v) is 5.20. The van der Waals surface area contributed by atoms with E-state index in [1.165, 1.54) is 11.3 Å². The Labute approximate surface area is 138 Å². The van der Waals surface area contributed by atoms with E-state index < -0.39 is 5.97 Å². The number of esters is 1. The van der Waals surface area contributed by atoms with Gasteiger partial charge >= 0.3 is 5.97 Å². The number of thiophene rings is 2. The van der Waals surface area contributed by atoms with Crippen LogP contribution in [0.2, 0.25) is 0 Å². The maximum absolute atomic E-state index is 12.5. The number of nitrogens with one attached hydrogen (secondary N) is 1. The SMILES string of the molecule is CCOC(=O)c1cc(C)sc1NC(=O)c1csc(C)c1CC. The Morgan fingerprint density at radius 3 is 2.59 bits per heavy atom. The molecule has 6 heteroatoms. The Kier molecular flexibility index (Phi) is 5.37. The highest BCUT2D eigenvalue weighted by atomic mass is 32.1. The van der Waals surface area contributed by atoms with Gasteiger partial charge in [0.2, 0.25) is 0 Å². The first kappa shape index (κ1) is 16.7. The number of rotatable bonds is 5. The topological polar surface area (TPSA) is 55.4 Å². The molecular weight excluding hydrogens is 318 g/mol. The lowest BCUT2D eigenvalue weighted by atomic mass is 10.1. The van der Waals surface area contributed by atoms with E-state index >= 15 is 0 Å². The molecule has 0 atom stereocenters. The molecule has 22 heavy (non-hydrogen) atoms. The number of aryl methyl sites for hydroxylation is 2. The molecular formula is C16H19NO3S2. The molecule has 1 N–H and O–H groups in total. The highest BCUT2D eigenvalue weighted by Gasteiger charge is 2.20. The molecule has 2 aromatic heterocycles. The van der Waals surface area contributed by atoms with Crippen molar-refractivity contribution in [1.82, 2.24) is 0 Å². The van der Waals surface area contributed by atoms with Crippen molar-refractivity contribution >= 4 is 39.6 Å². The molecule has 0 aromatic carbocycles. The first-order chi connectivity index (χ1) is 10.5. The third-order valence-electron chi connectivity index (χ3n) is 3.28. The van der Waals surface area contributed by atoms with Gasteiger partial charge in [-0.15, -0.1) is 22.7 Å². The molecule has 0 fully saturated rings. The van der Waals surface area contributed by atoms with E-state index in [1.54, 1.807) is 24.3 Å². The van der Waals surface area contributed by atoms with Gasteiger partial charge in [-0.3, -0.25) is 4.79 Å². The van der Waals surface area contributed by atoms with Gasteiger partial charge in [0, 0.05) is 15.1 Å². The molecule has 1 amide bonds. The summed E-state index contributed by atoms with van der Waals surface area (Å²) in [5.41, 5.74) is 2.17. The van der Waals surface area contributed by atoms with Crippen LogP contribution in [0.1, 0.15) is 49.9 Å². The molecule has 2 aromatic rings. The van der Waals surface area contributed by atoms with Gasteiger partial charge < -0.3 is 10.1 Å². The lowest BCUT2D eigenvalue weighted by Crippen LogP contribution is -2.15. The highest BCUT2D eigenvalue weighted by molar-refractivity contribution is 7.16. The molecule has 0 saturated heterocycles. The lowest BCUT2D eigenvalue weighted by Gasteiger charge is -2.07. The molecule has 0 aliphatic carbocycles. The van der Waals surface area contributed by atoms with Gasteiger partial charge in [-0.2, -0.15) is 0 Å². The summed E-state index contributed by atoms with van der Waals surface area (Å²) in [5, 5.41) is 5.28. The number of hydrogen-bond acceptors (Lipinski definition) is 5. The van der Waals surface area contributed by atoms with Crippen molar-refractivity contribution < 1.29 is 14.3 Å². The van der Waals surface area contributed by atoms with Crippen LogP contribution in [-0.4, -0.2) is 18.5 Å². The summed E-state index contributed by atoms with van der Waals surface area (Å²) >= 11 is 2.95. The minimum atomic E-state index is -0.403. The van der Waals surface area contributed by atoms with Crippen molar-refractivity contribution in [3.8, 4) is 0 Å². The molecule has 4 nitrogen and oxygen atoms in total. The number of ether oxygens (including phenoxy) is 1. The number of amides is 1. The van der Waals surface area contributed by atoms with Gasteiger partial charge in [0.25, 0.3) is 5.91 Å². The van der Waals surface area contributed by atoms with Crippen LogP contribution in [-0.2, 0) is 11.2 Å². The minimum Gasteiger partial charge on any atom is -0.462 e. The van der Waals surface area contributed by atoms with Crippen LogP contribution in [0.3, 0.4) is 0 Å². The zero-order chi connectivity index (χ0) is 16.3. The molecule has 2 heterocycles. The summed E-state index contributed by atoms with van der Waals surface area (Å²) in [6.07, 6.45) is 0.812. The van der Waals surface area contributed by atoms with Crippen LogP contribution < -0.4 is 5.32 Å². The van der Waals surface area contributed by atoms with Crippen molar-refractivity contribution in [1.29, 1.82) is 0 Å². The largest absolute Gasteiger partial charge is 0.462 e. The van der Waals surface area contributed by atoms with Crippen molar-refractivity contribution in [2.45, 2.75) is 34.1 Å². The van der Waals surface area contributed by atoms with Crippen LogP contribution >= 0.6 is 22.7 Å². The average molecular weight is 337 g/mol. The average Bonchev–Trinajstić information content (AvgIpc) is 3.01. The quantitative estimate of drug-likeness (QED) is 0.822. The van der Waals surface area contributed by atoms with Gasteiger partial charge in [0.15, 0.2) is 0 Å². The second-order valence-corrected chi connectivity index (χ2v) is 7.15. The maximum Gasteiger partial charge on any atom is 0.341 e. The van der Waals surface area contributed by atoms with Gasteiger partial charge in [0.05, 0.1) is 17.7 Å². The summed E-state index contributed by atoms with van der Waals surface area (Å²) in [5.74, 6) is -0.576. The Balaban J connectivity index is 2.27. The lowest BCUT2D eigenvalue weighted by molar-refractivity contribution is 0.0528. The Hall–Kier alpha value is -1.66. The zero-order valence-corrected chi connectivity index (χ0v) is 14.7. The Morgan fingerprint density at radius 2 is 1.95 bits per heavy atom. The van der Waals surface area contributed by atoms with Gasteiger partial charge in [-0.1, -0.05) is 6.92 Å². The second-order valence-electron chi connectivity index (χ2n) is 4.81. The summed E-state index contributed by atoms with van der Waals surface area (Å²) in [7, 11) is 0. The van der Waals surface area contributed by atoms with E-state index in [2.05, 4.69) is 5.32 Å². The van der Waals surface area contributed by atoms with Crippen molar-refractivity contribution in [2.24, 2.45) is 0 Å². The number of hydrogen-bond donors (Lipinski definition) is 1. The molecule has 2 rings (SSSR count). The normalized spacial score (nSPS) is 10.5. The number of carbonyl (C=O) groups is 2. The van der Waals surface area contributed by atoms with E-state index in [0.29, 0.717) is 22.7 Å². The van der Waals surface area contributed by atoms with Crippen LogP contribution in [0.25, 0.3) is 0 Å². The third kappa shape index (κ3) is 3.39. The van der Waals surface area contributed by atoms with Crippen molar-refractivity contribution in [3.05, 3.63) is 37.9 Å². The summed E-state index contributed by atoms with van der Waals surface area (Å²) in [4.78, 5) is 26.6. The van der Waals surface area contributed by atoms with Crippen molar-refractivity contribution in [3.63, 3.8) is 0 Å². The van der Waals surface area contributed by atoms with Crippen LogP contribution in [0.15, 0.2) is 11.4 Å². The summed E-state index contributed by atoms with van der Waals surface area (Å²) < 4.78 is 5.04. The first-order valence-electron chi connectivity index (χ1n) is 7.13. The van der Waals surface area contributed by atoms with Gasteiger partial charge in [-0.05, 0) is 38.8 Å². The second kappa shape index (κ2) is 7.07. The molecule has 0 aliphatic heterocycles. The predicted octanol–water partition coefficient (Wildman–Crippen LogP) is 4.42. The molecule has 0 aliphatic rings. The molecule has 0 unspecified atom stereocenters. The fraction of sp³-hybridized carbons (Fsp3) is 0.375. The van der Waals surface area contributed by atoms with Crippen LogP contribution in [0.5, 0.6) is 0 Å². The highest BCUT2D eigenvalue weighted by Crippen LogP contribution is 2.30. The predicted molar refractivity (Wildman–Crippen MR) is 91.4 cm³/mol. The van der Waals surface area contributed by atoms with Crippen LogP contribution in [0, 0.1) is 13.8 Å². The zero-order valence-electron chi connectivity index (χ0n) is 13.1. The van der Waals surface area contributed by atoms with Gasteiger partial charge in [0.1, 0.15) is 5.00 Å². The number of anilines is 1. The summed E-state index contributed by atoms with van der Waals surface area (Å²) in [6, 6.07) is 1.75. The van der Waals surface area contributed by atoms with Gasteiger partial charge in [-0.25, -0.2) is 4.79 Å². The van der Waals surface area contributed by atoms with E-state index in [0.717, 1.165) is 21.7 Å². The standard InChI is InChI=1S/C16H19NO3S2/c1-5-11-10(4)21-8-13(11)14(18)17-15-12(7-9(3)22-15)16(19)20-6-2/h7-8H,5-6H2,1-4H3,(H,17,18). The molecule has 118 valence electrons. The van der Waals surface area contributed by atoms with E-state index in [4.69, 9.17) is 4.74 Å². The van der Waals surface area contributed by atoms with Crippen LogP contribution in [0.4, 0.5) is 5.00 Å². The minimum absolute atomic E-state index is 0.173. The Morgan fingerprint density at radius 1 is 1.23 bits per heavy atom. The van der Waals surface area contributed by atoms with Crippen molar-refractivity contribution in [2.75, 3.05) is 11.9 Å². The first-order valence-corrected chi connectivity index (χ1v) is 8.83. The molecule has 0 radical (unpaired) electrons. The van der Waals surface area contributed by atoms with E-state index in [1.807, 2.05) is 26.2 Å². The summed E-state index contributed by atoms with van der Waals surface area (Å²) in [6.45, 7) is 8.02. The van der Waals surface area contributed by atoms with E-state index in [-0.39, 0.29) is 5.91 Å². The Bertz CT molecular complexity index is 700. The molecule has 0 saturated carbocycles. The number of carbonyl (C=O) groups excluding carboxylic acids is 2. The van der Waals surface area contributed by atoms with E-state index in [9.17, 15) is 9.59 Å². The smallest absolute Gasteiger partial charge is 0.341 e. The monoisotopic (exact) mass is 337 g/mol. The fourth-order valence-electron chi connectivity index (χ4n) is 2.25. The molecule has 0 bridgehead atoms. The molecule has 0 spiro atoms.